The molecule has 0 bridgehead atoms. The lowest BCUT2D eigenvalue weighted by molar-refractivity contribution is 0.369. The minimum atomic E-state index is -0.484. The summed E-state index contributed by atoms with van der Waals surface area (Å²) in [6.07, 6.45) is 0. The molecule has 0 spiro atoms. The van der Waals surface area contributed by atoms with Crippen LogP contribution >= 0.6 is 20.7 Å². The highest BCUT2D eigenvalue weighted by Crippen LogP contribution is 2.46. The number of hydrogen-bond acceptors (Lipinski definition) is 4. The number of benzene rings is 2. The summed E-state index contributed by atoms with van der Waals surface area (Å²) >= 11 is 0. The molecule has 1 aromatic heterocycles. The SMILES string of the molecule is Oc1ccc(-c2cc(-c3ccccc3)[s+]s2)c(O)c1O. The first-order chi connectivity index (χ1) is 9.66. The average molecular weight is 303 g/mol. The molecule has 0 aliphatic heterocycles. The van der Waals surface area contributed by atoms with Crippen LogP contribution in [0.2, 0.25) is 0 Å². The van der Waals surface area contributed by atoms with E-state index in [-0.39, 0.29) is 11.5 Å². The topological polar surface area (TPSA) is 60.7 Å². The molecule has 20 heavy (non-hydrogen) atoms. The van der Waals surface area contributed by atoms with Crippen LogP contribution in [0.3, 0.4) is 0 Å². The van der Waals surface area contributed by atoms with Gasteiger partial charge in [-0.05, 0) is 24.3 Å². The van der Waals surface area contributed by atoms with E-state index in [1.54, 1.807) is 16.4 Å². The summed E-state index contributed by atoms with van der Waals surface area (Å²) in [4.78, 5) is 1.94. The molecule has 3 rings (SSSR count). The van der Waals surface area contributed by atoms with Crippen molar-refractivity contribution in [3.05, 3.63) is 48.5 Å². The molecule has 0 saturated heterocycles. The highest BCUT2D eigenvalue weighted by Gasteiger charge is 2.21. The van der Waals surface area contributed by atoms with E-state index >= 15 is 0 Å². The Morgan fingerprint density at radius 2 is 1.60 bits per heavy atom. The van der Waals surface area contributed by atoms with E-state index in [2.05, 4.69) is 0 Å². The van der Waals surface area contributed by atoms with Gasteiger partial charge in [0.25, 0.3) is 4.88 Å². The molecule has 0 aliphatic carbocycles. The summed E-state index contributed by atoms with van der Waals surface area (Å²) in [5, 5.41) is 28.8. The Bertz CT molecular complexity index is 751. The molecular weight excluding hydrogens is 292 g/mol. The van der Waals surface area contributed by atoms with Crippen LogP contribution in [0, 0.1) is 0 Å². The third-order valence-electron chi connectivity index (χ3n) is 2.94. The van der Waals surface area contributed by atoms with Crippen LogP contribution in [0.25, 0.3) is 20.9 Å². The Balaban J connectivity index is 2.05. The summed E-state index contributed by atoms with van der Waals surface area (Å²) < 4.78 is 0. The van der Waals surface area contributed by atoms with E-state index in [1.165, 1.54) is 16.4 Å². The Hall–Kier alpha value is -2.11. The molecule has 0 saturated carbocycles. The fourth-order valence-electron chi connectivity index (χ4n) is 1.88. The average Bonchev–Trinajstić information content (AvgIpc) is 2.95. The lowest BCUT2D eigenvalue weighted by Crippen LogP contribution is -1.77. The largest absolute Gasteiger partial charge is 0.504 e. The molecule has 0 amide bonds. The normalized spacial score (nSPS) is 10.6. The summed E-state index contributed by atoms with van der Waals surface area (Å²) in [6, 6.07) is 14.9. The van der Waals surface area contributed by atoms with Gasteiger partial charge in [-0.15, -0.1) is 0 Å². The van der Waals surface area contributed by atoms with Gasteiger partial charge in [0.2, 0.25) is 5.75 Å². The first kappa shape index (κ1) is 12.9. The lowest BCUT2D eigenvalue weighted by Gasteiger charge is -2.03. The maximum absolute atomic E-state index is 9.91. The maximum Gasteiger partial charge on any atom is 0.301 e. The number of rotatable bonds is 2. The monoisotopic (exact) mass is 303 g/mol. The van der Waals surface area contributed by atoms with Gasteiger partial charge in [0, 0.05) is 17.2 Å². The Morgan fingerprint density at radius 1 is 0.850 bits per heavy atom. The minimum absolute atomic E-state index is 0.293. The molecule has 0 atom stereocenters. The van der Waals surface area contributed by atoms with Crippen molar-refractivity contribution >= 4 is 20.7 Å². The van der Waals surface area contributed by atoms with Crippen molar-refractivity contribution in [1.29, 1.82) is 0 Å². The zero-order valence-electron chi connectivity index (χ0n) is 10.3. The van der Waals surface area contributed by atoms with Crippen molar-refractivity contribution in [3.63, 3.8) is 0 Å². The standard InChI is InChI=1S/C15H10O3S2/c16-11-7-6-10(14(17)15(11)18)13-8-12(19-20-13)9-4-2-1-3-5-9/h1-8H,(H2-,16,17,18)/p+1. The molecule has 0 aliphatic rings. The van der Waals surface area contributed by atoms with Gasteiger partial charge < -0.3 is 15.3 Å². The van der Waals surface area contributed by atoms with Crippen LogP contribution < -0.4 is 0 Å². The van der Waals surface area contributed by atoms with Gasteiger partial charge in [-0.3, -0.25) is 0 Å². The van der Waals surface area contributed by atoms with Crippen molar-refractivity contribution in [2.24, 2.45) is 0 Å². The number of phenolic OH excluding ortho intramolecular Hbond substituents is 3. The van der Waals surface area contributed by atoms with Gasteiger partial charge in [0.05, 0.1) is 0 Å². The maximum atomic E-state index is 9.91. The van der Waals surface area contributed by atoms with Crippen LogP contribution in [-0.2, 0) is 0 Å². The smallest absolute Gasteiger partial charge is 0.301 e. The Morgan fingerprint density at radius 3 is 2.35 bits per heavy atom. The van der Waals surface area contributed by atoms with Crippen molar-refractivity contribution in [2.45, 2.75) is 0 Å². The van der Waals surface area contributed by atoms with Crippen molar-refractivity contribution < 1.29 is 15.3 Å². The predicted octanol–water partition coefficient (Wildman–Crippen LogP) is 4.54. The van der Waals surface area contributed by atoms with Crippen LogP contribution in [0.5, 0.6) is 17.2 Å². The molecule has 0 unspecified atom stereocenters. The van der Waals surface area contributed by atoms with Gasteiger partial charge in [0.1, 0.15) is 4.88 Å². The molecule has 3 aromatic rings. The lowest BCUT2D eigenvalue weighted by atomic mass is 10.1. The number of hydrogen-bond donors (Lipinski definition) is 3. The van der Waals surface area contributed by atoms with Gasteiger partial charge >= 0.3 is 10.3 Å². The van der Waals surface area contributed by atoms with E-state index < -0.39 is 5.75 Å². The summed E-state index contributed by atoms with van der Waals surface area (Å²) in [6.45, 7) is 0. The van der Waals surface area contributed by atoms with Gasteiger partial charge in [-0.1, -0.05) is 18.2 Å². The van der Waals surface area contributed by atoms with E-state index in [0.29, 0.717) is 5.56 Å². The highest BCUT2D eigenvalue weighted by atomic mass is 32.9. The second-order valence-electron chi connectivity index (χ2n) is 4.23. The zero-order chi connectivity index (χ0) is 14.1. The number of aromatic hydroxyl groups is 3. The Labute approximate surface area is 123 Å². The Kier molecular flexibility index (Phi) is 3.30. The second kappa shape index (κ2) is 5.11. The molecule has 0 radical (unpaired) electrons. The van der Waals surface area contributed by atoms with Crippen molar-refractivity contribution in [1.82, 2.24) is 0 Å². The van der Waals surface area contributed by atoms with Crippen LogP contribution in [0.1, 0.15) is 0 Å². The van der Waals surface area contributed by atoms with E-state index in [1.807, 2.05) is 36.4 Å². The molecule has 2 aromatic carbocycles. The van der Waals surface area contributed by atoms with E-state index in [9.17, 15) is 15.3 Å². The first-order valence-corrected chi connectivity index (χ1v) is 8.04. The molecular formula is C15H11O3S2+. The quantitative estimate of drug-likeness (QED) is 0.370. The van der Waals surface area contributed by atoms with Crippen LogP contribution in [0.15, 0.2) is 48.5 Å². The van der Waals surface area contributed by atoms with E-state index in [4.69, 9.17) is 0 Å². The van der Waals surface area contributed by atoms with Crippen molar-refractivity contribution in [3.8, 4) is 38.1 Å². The molecule has 3 N–H and O–H groups in total. The van der Waals surface area contributed by atoms with Gasteiger partial charge in [0.15, 0.2) is 21.8 Å². The van der Waals surface area contributed by atoms with E-state index in [0.717, 1.165) is 15.3 Å². The fraction of sp³-hybridized carbons (Fsp3) is 0. The van der Waals surface area contributed by atoms with Gasteiger partial charge in [-0.25, -0.2) is 0 Å². The second-order valence-corrected chi connectivity index (χ2v) is 6.45. The third-order valence-corrected chi connectivity index (χ3v) is 5.40. The summed E-state index contributed by atoms with van der Waals surface area (Å²) in [7, 11) is 3.12. The molecule has 3 nitrogen and oxygen atoms in total. The van der Waals surface area contributed by atoms with Crippen molar-refractivity contribution in [2.75, 3.05) is 0 Å². The predicted molar refractivity (Wildman–Crippen MR) is 82.5 cm³/mol. The molecule has 5 heteroatoms. The van der Waals surface area contributed by atoms with Crippen LogP contribution in [0.4, 0.5) is 0 Å². The van der Waals surface area contributed by atoms with Gasteiger partial charge in [-0.2, -0.15) is 0 Å². The minimum Gasteiger partial charge on any atom is -0.504 e. The molecule has 0 fully saturated rings. The molecule has 100 valence electrons. The first-order valence-electron chi connectivity index (χ1n) is 5.89. The van der Waals surface area contributed by atoms with Crippen LogP contribution in [-0.4, -0.2) is 15.3 Å². The summed E-state index contributed by atoms with van der Waals surface area (Å²) in [5.41, 5.74) is 1.63. The summed E-state index contributed by atoms with van der Waals surface area (Å²) in [5.74, 6) is -1.10. The zero-order valence-corrected chi connectivity index (χ0v) is 11.9. The fourth-order valence-corrected chi connectivity index (χ4v) is 4.34. The highest BCUT2D eigenvalue weighted by molar-refractivity contribution is 7.72. The number of phenols is 3. The molecule has 1 heterocycles. The third kappa shape index (κ3) is 2.21.